The Morgan fingerprint density at radius 3 is 2.44 bits per heavy atom. The molecule has 0 heterocycles. The molecule has 0 N–H and O–H groups in total. The summed E-state index contributed by atoms with van der Waals surface area (Å²) in [6, 6.07) is 0. The molecule has 0 radical (unpaired) electrons. The Balaban J connectivity index is 1.70. The summed E-state index contributed by atoms with van der Waals surface area (Å²) in [5.74, 6) is 2.03. The van der Waals surface area contributed by atoms with Crippen molar-refractivity contribution in [2.24, 2.45) is 11.8 Å². The van der Waals surface area contributed by atoms with E-state index in [1.165, 1.54) is 51.4 Å². The summed E-state index contributed by atoms with van der Waals surface area (Å²) >= 11 is 0. The molecule has 1 saturated carbocycles. The highest BCUT2D eigenvalue weighted by atomic mass is 14.3. The van der Waals surface area contributed by atoms with Crippen LogP contribution >= 0.6 is 0 Å². The molecule has 0 saturated heterocycles. The van der Waals surface area contributed by atoms with Crippen molar-refractivity contribution in [3.63, 3.8) is 0 Å². The molecule has 0 nitrogen and oxygen atoms in total. The summed E-state index contributed by atoms with van der Waals surface area (Å²) in [7, 11) is 0. The van der Waals surface area contributed by atoms with Crippen molar-refractivity contribution in [1.82, 2.24) is 0 Å². The monoisotopic (exact) mass is 218 g/mol. The van der Waals surface area contributed by atoms with Gasteiger partial charge in [-0.2, -0.15) is 0 Å². The van der Waals surface area contributed by atoms with Gasteiger partial charge in [0, 0.05) is 0 Å². The van der Waals surface area contributed by atoms with Crippen molar-refractivity contribution in [2.45, 2.75) is 65.2 Å². The summed E-state index contributed by atoms with van der Waals surface area (Å²) in [5, 5.41) is 0. The van der Waals surface area contributed by atoms with E-state index in [9.17, 15) is 0 Å². The van der Waals surface area contributed by atoms with Crippen LogP contribution < -0.4 is 0 Å². The molecule has 0 aromatic rings. The van der Waals surface area contributed by atoms with Gasteiger partial charge in [-0.05, 0) is 50.4 Å². The lowest BCUT2D eigenvalue weighted by Crippen LogP contribution is -1.98. The lowest BCUT2D eigenvalue weighted by Gasteiger charge is -2.15. The molecule has 16 heavy (non-hydrogen) atoms. The fraction of sp³-hybridized carbons (Fsp3) is 0.750. The molecule has 0 amide bonds. The predicted octanol–water partition coefficient (Wildman–Crippen LogP) is 5.26. The highest BCUT2D eigenvalue weighted by Gasteiger charge is 2.21. The van der Waals surface area contributed by atoms with Gasteiger partial charge >= 0.3 is 0 Å². The van der Waals surface area contributed by atoms with Gasteiger partial charge in [-0.3, -0.25) is 0 Å². The van der Waals surface area contributed by atoms with E-state index in [-0.39, 0.29) is 0 Å². The van der Waals surface area contributed by atoms with E-state index >= 15 is 0 Å². The maximum absolute atomic E-state index is 2.50. The van der Waals surface area contributed by atoms with E-state index in [1.807, 2.05) is 0 Å². The van der Waals surface area contributed by atoms with Gasteiger partial charge in [0.1, 0.15) is 0 Å². The summed E-state index contributed by atoms with van der Waals surface area (Å²) in [6.07, 6.45) is 15.9. The third-order valence-corrected chi connectivity index (χ3v) is 4.44. The quantitative estimate of drug-likeness (QED) is 0.565. The van der Waals surface area contributed by atoms with E-state index in [2.05, 4.69) is 26.0 Å². The van der Waals surface area contributed by atoms with Gasteiger partial charge in [0.15, 0.2) is 0 Å². The second-order valence-corrected chi connectivity index (χ2v) is 5.81. The first-order valence-electron chi connectivity index (χ1n) is 7.13. The zero-order chi connectivity index (χ0) is 11.4. The zero-order valence-corrected chi connectivity index (χ0v) is 11.0. The Morgan fingerprint density at radius 1 is 1.12 bits per heavy atom. The van der Waals surface area contributed by atoms with E-state index in [0.717, 1.165) is 11.8 Å². The first-order valence-corrected chi connectivity index (χ1v) is 7.13. The second kappa shape index (κ2) is 5.70. The number of hydrogen-bond donors (Lipinski definition) is 0. The summed E-state index contributed by atoms with van der Waals surface area (Å²) in [4.78, 5) is 0. The Kier molecular flexibility index (Phi) is 4.26. The van der Waals surface area contributed by atoms with Crippen LogP contribution in [-0.2, 0) is 0 Å². The van der Waals surface area contributed by atoms with Gasteiger partial charge in [0.25, 0.3) is 0 Å². The lowest BCUT2D eigenvalue weighted by molar-refractivity contribution is 0.477. The van der Waals surface area contributed by atoms with Crippen LogP contribution in [0, 0.1) is 11.8 Å². The van der Waals surface area contributed by atoms with Crippen LogP contribution in [-0.4, -0.2) is 0 Å². The van der Waals surface area contributed by atoms with E-state index in [4.69, 9.17) is 0 Å². The first kappa shape index (κ1) is 12.0. The molecule has 1 fully saturated rings. The van der Waals surface area contributed by atoms with Crippen molar-refractivity contribution in [3.8, 4) is 0 Å². The maximum atomic E-state index is 2.50. The average molecular weight is 218 g/mol. The minimum absolute atomic E-state index is 0.997. The predicted molar refractivity (Wildman–Crippen MR) is 71.4 cm³/mol. The third kappa shape index (κ3) is 3.23. The summed E-state index contributed by atoms with van der Waals surface area (Å²) in [5.41, 5.74) is 3.34. The molecule has 2 aliphatic carbocycles. The van der Waals surface area contributed by atoms with Crippen molar-refractivity contribution >= 4 is 0 Å². The Bertz CT molecular complexity index is 282. The largest absolute Gasteiger partial charge is 0.0810 e. The lowest BCUT2D eigenvalue weighted by atomic mass is 9.91. The topological polar surface area (TPSA) is 0 Å². The minimum atomic E-state index is 0.997. The molecular formula is C16H26. The third-order valence-electron chi connectivity index (χ3n) is 4.44. The van der Waals surface area contributed by atoms with Crippen molar-refractivity contribution < 1.29 is 0 Å². The molecule has 0 aromatic heterocycles. The van der Waals surface area contributed by atoms with Gasteiger partial charge in [-0.15, -0.1) is 0 Å². The van der Waals surface area contributed by atoms with Crippen LogP contribution in [0.3, 0.4) is 0 Å². The molecule has 2 atom stereocenters. The molecular weight excluding hydrogens is 192 g/mol. The van der Waals surface area contributed by atoms with E-state index in [1.54, 1.807) is 11.1 Å². The van der Waals surface area contributed by atoms with Gasteiger partial charge in [0.2, 0.25) is 0 Å². The maximum Gasteiger partial charge on any atom is -0.0136 e. The molecule has 0 bridgehead atoms. The summed E-state index contributed by atoms with van der Waals surface area (Å²) < 4.78 is 0. The van der Waals surface area contributed by atoms with Crippen molar-refractivity contribution in [1.29, 1.82) is 0 Å². The standard InChI is InChI=1S/C16H26/c1-3-14-6-8-15(9-7-14)10-11-16-5-4-13(2)12-16/h6,9,13,16H,3-5,7-8,10-12H2,1-2H3. The van der Waals surface area contributed by atoms with Crippen LogP contribution in [0.4, 0.5) is 0 Å². The Hall–Kier alpha value is -0.520. The SMILES string of the molecule is CCC1=CCC(CCC2CCC(C)C2)=CC1. The molecule has 0 aromatic carbocycles. The fourth-order valence-electron chi connectivity index (χ4n) is 3.19. The normalized spacial score (nSPS) is 30.1. The number of allylic oxidation sites excluding steroid dienone is 4. The van der Waals surface area contributed by atoms with E-state index < -0.39 is 0 Å². The zero-order valence-electron chi connectivity index (χ0n) is 11.0. The molecule has 2 aliphatic rings. The molecule has 2 unspecified atom stereocenters. The second-order valence-electron chi connectivity index (χ2n) is 5.81. The van der Waals surface area contributed by atoms with Gasteiger partial charge in [-0.1, -0.05) is 50.0 Å². The van der Waals surface area contributed by atoms with Crippen LogP contribution in [0.15, 0.2) is 23.3 Å². The first-order chi connectivity index (χ1) is 7.78. The smallest absolute Gasteiger partial charge is 0.0136 e. The molecule has 2 rings (SSSR count). The van der Waals surface area contributed by atoms with Gasteiger partial charge in [-0.25, -0.2) is 0 Å². The number of rotatable bonds is 4. The highest BCUT2D eigenvalue weighted by molar-refractivity contribution is 5.21. The average Bonchev–Trinajstić information content (AvgIpc) is 2.73. The van der Waals surface area contributed by atoms with Crippen LogP contribution in [0.5, 0.6) is 0 Å². The molecule has 90 valence electrons. The molecule has 0 heteroatoms. The Labute approximate surface area is 101 Å². The van der Waals surface area contributed by atoms with Gasteiger partial charge in [0.05, 0.1) is 0 Å². The number of hydrogen-bond acceptors (Lipinski definition) is 0. The molecule has 0 spiro atoms. The highest BCUT2D eigenvalue weighted by Crippen LogP contribution is 2.35. The van der Waals surface area contributed by atoms with Crippen molar-refractivity contribution in [2.75, 3.05) is 0 Å². The fourth-order valence-corrected chi connectivity index (χ4v) is 3.19. The van der Waals surface area contributed by atoms with Crippen LogP contribution in [0.2, 0.25) is 0 Å². The van der Waals surface area contributed by atoms with E-state index in [0.29, 0.717) is 0 Å². The summed E-state index contributed by atoms with van der Waals surface area (Å²) in [6.45, 7) is 4.68. The minimum Gasteiger partial charge on any atom is -0.0810 e. The molecule has 0 aliphatic heterocycles. The van der Waals surface area contributed by atoms with Gasteiger partial charge < -0.3 is 0 Å². The van der Waals surface area contributed by atoms with Crippen LogP contribution in [0.25, 0.3) is 0 Å². The van der Waals surface area contributed by atoms with Crippen LogP contribution in [0.1, 0.15) is 65.2 Å². The Morgan fingerprint density at radius 2 is 1.88 bits per heavy atom. The van der Waals surface area contributed by atoms with Crippen molar-refractivity contribution in [3.05, 3.63) is 23.3 Å².